The number of benzene rings is 5. The molecule has 0 aromatic heterocycles. The predicted molar refractivity (Wildman–Crippen MR) is 177 cm³/mol. The van der Waals surface area contributed by atoms with Crippen molar-refractivity contribution in [3.63, 3.8) is 0 Å². The number of hydrogen-bond acceptors (Lipinski definition) is 4. The van der Waals surface area contributed by atoms with Gasteiger partial charge in [0, 0.05) is 23.0 Å². The van der Waals surface area contributed by atoms with E-state index in [0.29, 0.717) is 5.92 Å². The van der Waals surface area contributed by atoms with E-state index in [1.165, 1.54) is 5.56 Å². The van der Waals surface area contributed by atoms with Crippen LogP contribution >= 0.6 is 0 Å². The fraction of sp³-hybridized carbons (Fsp3) is 0.128. The molecule has 0 aliphatic heterocycles. The van der Waals surface area contributed by atoms with Gasteiger partial charge in [0.25, 0.3) is 0 Å². The van der Waals surface area contributed by atoms with Crippen LogP contribution in [0.3, 0.4) is 0 Å². The number of allylic oxidation sites excluding steroid dienone is 3. The summed E-state index contributed by atoms with van der Waals surface area (Å²) in [5.41, 5.74) is 9.28. The average Bonchev–Trinajstić information content (AvgIpc) is 3.09. The molecule has 1 aliphatic carbocycles. The van der Waals surface area contributed by atoms with Crippen molar-refractivity contribution in [1.29, 1.82) is 0 Å². The van der Waals surface area contributed by atoms with Gasteiger partial charge < -0.3 is 19.1 Å². The molecule has 0 saturated carbocycles. The molecule has 43 heavy (non-hydrogen) atoms. The Balaban J connectivity index is 1.31. The SMILES string of the molecule is COc1ccc(-c2ccc(N(C3=CCC(c4ccc(OC)cc4)C=C3)c3ccc(-c4ccc(OC)cc4)cc3)cc2)cc1. The van der Waals surface area contributed by atoms with E-state index in [1.807, 2.05) is 36.4 Å². The Morgan fingerprint density at radius 2 is 0.860 bits per heavy atom. The second-order valence-electron chi connectivity index (χ2n) is 10.5. The summed E-state index contributed by atoms with van der Waals surface area (Å²) < 4.78 is 16.0. The number of anilines is 2. The molecule has 6 rings (SSSR count). The monoisotopic (exact) mass is 565 g/mol. The van der Waals surface area contributed by atoms with Crippen LogP contribution in [0.2, 0.25) is 0 Å². The maximum atomic E-state index is 5.35. The summed E-state index contributed by atoms with van der Waals surface area (Å²) in [5, 5.41) is 0. The zero-order valence-corrected chi connectivity index (χ0v) is 24.7. The predicted octanol–water partition coefficient (Wildman–Crippen LogP) is 9.81. The minimum Gasteiger partial charge on any atom is -0.497 e. The highest BCUT2D eigenvalue weighted by molar-refractivity contribution is 5.76. The van der Waals surface area contributed by atoms with E-state index in [1.54, 1.807) is 21.3 Å². The van der Waals surface area contributed by atoms with Gasteiger partial charge in [-0.3, -0.25) is 0 Å². The number of ether oxygens (including phenoxy) is 3. The Bertz CT molecular complexity index is 1610. The summed E-state index contributed by atoms with van der Waals surface area (Å²) in [6.07, 6.45) is 7.81. The quantitative estimate of drug-likeness (QED) is 0.178. The lowest BCUT2D eigenvalue weighted by atomic mass is 9.91. The van der Waals surface area contributed by atoms with Gasteiger partial charge in [0.15, 0.2) is 0 Å². The fourth-order valence-electron chi connectivity index (χ4n) is 5.49. The lowest BCUT2D eigenvalue weighted by Gasteiger charge is -2.29. The van der Waals surface area contributed by atoms with E-state index in [0.717, 1.165) is 63.0 Å². The lowest BCUT2D eigenvalue weighted by molar-refractivity contribution is 0.414. The Morgan fingerprint density at radius 3 is 1.21 bits per heavy atom. The van der Waals surface area contributed by atoms with Crippen molar-refractivity contribution >= 4 is 11.4 Å². The van der Waals surface area contributed by atoms with Gasteiger partial charge in [0.1, 0.15) is 17.2 Å². The summed E-state index contributed by atoms with van der Waals surface area (Å²) in [5.74, 6) is 2.91. The molecule has 214 valence electrons. The molecule has 0 heterocycles. The molecule has 0 amide bonds. The first-order valence-corrected chi connectivity index (χ1v) is 14.5. The molecule has 5 aromatic carbocycles. The minimum atomic E-state index is 0.325. The molecule has 0 bridgehead atoms. The molecule has 1 atom stereocenters. The van der Waals surface area contributed by atoms with Crippen molar-refractivity contribution in [2.24, 2.45) is 0 Å². The van der Waals surface area contributed by atoms with Crippen LogP contribution in [0.1, 0.15) is 17.9 Å². The van der Waals surface area contributed by atoms with Crippen molar-refractivity contribution in [2.45, 2.75) is 12.3 Å². The van der Waals surface area contributed by atoms with Gasteiger partial charge in [-0.05, 0) is 101 Å². The third-order valence-electron chi connectivity index (χ3n) is 7.98. The van der Waals surface area contributed by atoms with Gasteiger partial charge in [0.05, 0.1) is 21.3 Å². The van der Waals surface area contributed by atoms with Crippen LogP contribution in [0.5, 0.6) is 17.2 Å². The highest BCUT2D eigenvalue weighted by atomic mass is 16.5. The zero-order chi connectivity index (χ0) is 29.6. The zero-order valence-electron chi connectivity index (χ0n) is 24.7. The minimum absolute atomic E-state index is 0.325. The highest BCUT2D eigenvalue weighted by Gasteiger charge is 2.18. The van der Waals surface area contributed by atoms with Crippen LogP contribution in [0, 0.1) is 0 Å². The van der Waals surface area contributed by atoms with Crippen molar-refractivity contribution in [3.8, 4) is 39.5 Å². The van der Waals surface area contributed by atoms with Gasteiger partial charge in [-0.15, -0.1) is 0 Å². The molecule has 0 saturated heterocycles. The van der Waals surface area contributed by atoms with Crippen molar-refractivity contribution in [1.82, 2.24) is 0 Å². The number of hydrogen-bond donors (Lipinski definition) is 0. The van der Waals surface area contributed by atoms with Crippen LogP contribution < -0.4 is 19.1 Å². The largest absolute Gasteiger partial charge is 0.497 e. The van der Waals surface area contributed by atoms with Gasteiger partial charge in [-0.1, -0.05) is 72.8 Å². The third kappa shape index (κ3) is 6.19. The summed E-state index contributed by atoms with van der Waals surface area (Å²) >= 11 is 0. The lowest BCUT2D eigenvalue weighted by Crippen LogP contribution is -2.17. The van der Waals surface area contributed by atoms with Crippen molar-refractivity contribution in [3.05, 3.63) is 151 Å². The molecule has 4 heteroatoms. The second-order valence-corrected chi connectivity index (χ2v) is 10.5. The topological polar surface area (TPSA) is 30.9 Å². The molecule has 0 spiro atoms. The summed E-state index contributed by atoms with van der Waals surface area (Å²) in [4.78, 5) is 2.33. The van der Waals surface area contributed by atoms with Crippen molar-refractivity contribution in [2.75, 3.05) is 26.2 Å². The van der Waals surface area contributed by atoms with E-state index < -0.39 is 0 Å². The van der Waals surface area contributed by atoms with Crippen LogP contribution in [-0.4, -0.2) is 21.3 Å². The van der Waals surface area contributed by atoms with E-state index in [-0.39, 0.29) is 0 Å². The van der Waals surface area contributed by atoms with Crippen LogP contribution in [-0.2, 0) is 0 Å². The molecular formula is C39H35NO3. The summed E-state index contributed by atoms with van der Waals surface area (Å²) in [6.45, 7) is 0. The Hall–Kier alpha value is -5.22. The Morgan fingerprint density at radius 1 is 0.488 bits per heavy atom. The Labute approximate surface area is 254 Å². The van der Waals surface area contributed by atoms with E-state index in [9.17, 15) is 0 Å². The average molecular weight is 566 g/mol. The molecule has 0 N–H and O–H groups in total. The van der Waals surface area contributed by atoms with Gasteiger partial charge in [-0.2, -0.15) is 0 Å². The van der Waals surface area contributed by atoms with Crippen LogP contribution in [0.15, 0.2) is 145 Å². The first-order valence-electron chi connectivity index (χ1n) is 14.5. The van der Waals surface area contributed by atoms with E-state index in [4.69, 9.17) is 14.2 Å². The van der Waals surface area contributed by atoms with E-state index in [2.05, 4.69) is 108 Å². The first kappa shape index (κ1) is 27.9. The molecule has 1 unspecified atom stereocenters. The van der Waals surface area contributed by atoms with Crippen LogP contribution in [0.4, 0.5) is 11.4 Å². The normalized spacial score (nSPS) is 14.1. The number of methoxy groups -OCH3 is 3. The fourth-order valence-corrected chi connectivity index (χ4v) is 5.49. The molecule has 4 nitrogen and oxygen atoms in total. The molecular weight excluding hydrogens is 530 g/mol. The standard InChI is InChI=1S/C39H35NO3/c1-41-37-22-10-31(11-23-37)28-4-16-34(17-5-28)40(35-18-6-29(7-19-35)32-12-24-38(42-2)25-13-32)36-20-8-30(9-21-36)33-14-26-39(43-3)27-15-33/h4-8,10-27,30H,9H2,1-3H3. The third-order valence-corrected chi connectivity index (χ3v) is 7.98. The summed E-state index contributed by atoms with van der Waals surface area (Å²) in [6, 6.07) is 42.2. The van der Waals surface area contributed by atoms with Gasteiger partial charge >= 0.3 is 0 Å². The maximum Gasteiger partial charge on any atom is 0.118 e. The smallest absolute Gasteiger partial charge is 0.118 e. The van der Waals surface area contributed by atoms with Crippen molar-refractivity contribution < 1.29 is 14.2 Å². The summed E-state index contributed by atoms with van der Waals surface area (Å²) in [7, 11) is 5.08. The molecule has 5 aromatic rings. The first-order chi connectivity index (χ1) is 21.1. The molecule has 0 fully saturated rings. The second kappa shape index (κ2) is 12.7. The van der Waals surface area contributed by atoms with E-state index >= 15 is 0 Å². The highest BCUT2D eigenvalue weighted by Crippen LogP contribution is 2.37. The van der Waals surface area contributed by atoms with Gasteiger partial charge in [-0.25, -0.2) is 0 Å². The molecule has 0 radical (unpaired) electrons. The maximum absolute atomic E-state index is 5.35. The Kier molecular flexibility index (Phi) is 8.28. The molecule has 1 aliphatic rings. The number of rotatable bonds is 9. The van der Waals surface area contributed by atoms with Crippen LogP contribution in [0.25, 0.3) is 22.3 Å². The van der Waals surface area contributed by atoms with Gasteiger partial charge in [0.2, 0.25) is 0 Å². The number of nitrogens with zero attached hydrogens (tertiary/aromatic N) is 1.